The molecule has 3 nitrogen and oxygen atoms in total. The third-order valence-corrected chi connectivity index (χ3v) is 2.67. The molecule has 0 N–H and O–H groups in total. The van der Waals surface area contributed by atoms with Gasteiger partial charge in [0.05, 0.1) is 5.56 Å². The van der Waals surface area contributed by atoms with E-state index in [2.05, 4.69) is 10.3 Å². The van der Waals surface area contributed by atoms with Gasteiger partial charge in [-0.05, 0) is 18.6 Å². The SMILES string of the molecule is FC(F)(F)c1ccc(N2CCC[N]CC2)nc1. The Morgan fingerprint density at radius 2 is 1.94 bits per heavy atom. The van der Waals surface area contributed by atoms with Crippen LogP contribution in [0.3, 0.4) is 0 Å². The molecule has 2 heterocycles. The van der Waals surface area contributed by atoms with Crippen molar-refractivity contribution < 1.29 is 13.2 Å². The third-order valence-electron chi connectivity index (χ3n) is 2.67. The van der Waals surface area contributed by atoms with Crippen LogP contribution in [0, 0.1) is 0 Å². The zero-order valence-electron chi connectivity index (χ0n) is 9.24. The van der Waals surface area contributed by atoms with Gasteiger partial charge in [-0.3, -0.25) is 0 Å². The van der Waals surface area contributed by atoms with Crippen molar-refractivity contribution in [1.82, 2.24) is 10.3 Å². The van der Waals surface area contributed by atoms with Crippen LogP contribution in [0.25, 0.3) is 0 Å². The average molecular weight is 244 g/mol. The first-order valence-electron chi connectivity index (χ1n) is 5.49. The summed E-state index contributed by atoms with van der Waals surface area (Å²) in [4.78, 5) is 5.84. The van der Waals surface area contributed by atoms with Crippen LogP contribution in [0.4, 0.5) is 19.0 Å². The summed E-state index contributed by atoms with van der Waals surface area (Å²) in [6.07, 6.45) is -2.51. The van der Waals surface area contributed by atoms with Crippen LogP contribution in [0.1, 0.15) is 12.0 Å². The standard InChI is InChI=1S/C11H13F3N3/c12-11(13,14)9-2-3-10(16-8-9)17-6-1-4-15-5-7-17/h2-3,8H,1,4-7H2. The van der Waals surface area contributed by atoms with E-state index in [9.17, 15) is 13.2 Å². The van der Waals surface area contributed by atoms with Gasteiger partial charge in [0, 0.05) is 32.4 Å². The second-order valence-electron chi connectivity index (χ2n) is 3.91. The lowest BCUT2D eigenvalue weighted by molar-refractivity contribution is -0.137. The highest BCUT2D eigenvalue weighted by Gasteiger charge is 2.30. The number of nitrogens with zero attached hydrogens (tertiary/aromatic N) is 3. The number of hydrogen-bond donors (Lipinski definition) is 0. The van der Waals surface area contributed by atoms with Crippen molar-refractivity contribution in [2.75, 3.05) is 31.1 Å². The van der Waals surface area contributed by atoms with E-state index in [1.807, 2.05) is 4.90 Å². The largest absolute Gasteiger partial charge is 0.417 e. The van der Waals surface area contributed by atoms with E-state index in [0.717, 1.165) is 38.3 Å². The molecule has 1 aromatic heterocycles. The molecule has 1 aromatic rings. The maximum Gasteiger partial charge on any atom is 0.417 e. The van der Waals surface area contributed by atoms with Crippen molar-refractivity contribution in [3.05, 3.63) is 23.9 Å². The molecule has 0 unspecified atom stereocenters. The Kier molecular flexibility index (Phi) is 3.51. The molecule has 17 heavy (non-hydrogen) atoms. The number of halogens is 3. The maximum absolute atomic E-state index is 12.4. The van der Waals surface area contributed by atoms with Gasteiger partial charge in [-0.2, -0.15) is 13.2 Å². The molecule has 1 aliphatic rings. The Morgan fingerprint density at radius 1 is 1.12 bits per heavy atom. The van der Waals surface area contributed by atoms with E-state index in [4.69, 9.17) is 0 Å². The fourth-order valence-electron chi connectivity index (χ4n) is 1.76. The van der Waals surface area contributed by atoms with Gasteiger partial charge in [-0.25, -0.2) is 10.3 Å². The van der Waals surface area contributed by atoms with Crippen LogP contribution in [0.15, 0.2) is 18.3 Å². The molecular formula is C11H13F3N3. The summed E-state index contributed by atoms with van der Waals surface area (Å²) >= 11 is 0. The highest BCUT2D eigenvalue weighted by molar-refractivity contribution is 5.40. The van der Waals surface area contributed by atoms with Crippen molar-refractivity contribution in [2.24, 2.45) is 0 Å². The zero-order chi connectivity index (χ0) is 12.3. The molecule has 0 atom stereocenters. The van der Waals surface area contributed by atoms with Crippen LogP contribution in [-0.4, -0.2) is 31.2 Å². The normalized spacial score (nSPS) is 17.9. The minimum atomic E-state index is -4.32. The monoisotopic (exact) mass is 244 g/mol. The van der Waals surface area contributed by atoms with Crippen LogP contribution in [-0.2, 0) is 6.18 Å². The first-order chi connectivity index (χ1) is 8.07. The Morgan fingerprint density at radius 3 is 2.59 bits per heavy atom. The van der Waals surface area contributed by atoms with Crippen molar-refractivity contribution in [1.29, 1.82) is 0 Å². The molecule has 1 fully saturated rings. The summed E-state index contributed by atoms with van der Waals surface area (Å²) in [6.45, 7) is 3.04. The summed E-state index contributed by atoms with van der Waals surface area (Å²) < 4.78 is 37.1. The minimum Gasteiger partial charge on any atom is -0.355 e. The van der Waals surface area contributed by atoms with Gasteiger partial charge >= 0.3 is 6.18 Å². The molecule has 1 radical (unpaired) electrons. The molecule has 0 aliphatic carbocycles. The van der Waals surface area contributed by atoms with Crippen LogP contribution in [0.2, 0.25) is 0 Å². The summed E-state index contributed by atoms with van der Waals surface area (Å²) in [7, 11) is 0. The van der Waals surface area contributed by atoms with E-state index < -0.39 is 11.7 Å². The van der Waals surface area contributed by atoms with E-state index in [-0.39, 0.29) is 0 Å². The second-order valence-corrected chi connectivity index (χ2v) is 3.91. The van der Waals surface area contributed by atoms with Gasteiger partial charge in [0.25, 0.3) is 0 Å². The Hall–Kier alpha value is -1.30. The fraction of sp³-hybridized carbons (Fsp3) is 0.545. The van der Waals surface area contributed by atoms with E-state index >= 15 is 0 Å². The molecular weight excluding hydrogens is 231 g/mol. The van der Waals surface area contributed by atoms with Gasteiger partial charge in [0.2, 0.25) is 0 Å². The molecule has 2 rings (SSSR count). The molecule has 0 aromatic carbocycles. The summed E-state index contributed by atoms with van der Waals surface area (Å²) in [5.74, 6) is 0.593. The lowest BCUT2D eigenvalue weighted by Gasteiger charge is -2.21. The second kappa shape index (κ2) is 4.91. The van der Waals surface area contributed by atoms with Crippen LogP contribution in [0.5, 0.6) is 0 Å². The predicted octanol–water partition coefficient (Wildman–Crippen LogP) is 1.91. The Balaban J connectivity index is 2.11. The lowest BCUT2D eigenvalue weighted by atomic mass is 10.2. The maximum atomic E-state index is 12.4. The van der Waals surface area contributed by atoms with Gasteiger partial charge in [-0.1, -0.05) is 0 Å². The first-order valence-corrected chi connectivity index (χ1v) is 5.49. The molecule has 0 saturated carbocycles. The van der Waals surface area contributed by atoms with Crippen molar-refractivity contribution >= 4 is 5.82 Å². The fourth-order valence-corrected chi connectivity index (χ4v) is 1.76. The van der Waals surface area contributed by atoms with Crippen LogP contribution >= 0.6 is 0 Å². The summed E-state index contributed by atoms with van der Waals surface area (Å²) in [5.41, 5.74) is -0.708. The Bertz CT molecular complexity index is 353. The molecule has 93 valence electrons. The summed E-state index contributed by atoms with van der Waals surface area (Å²) in [5, 5.41) is 4.25. The predicted molar refractivity (Wildman–Crippen MR) is 57.9 cm³/mol. The van der Waals surface area contributed by atoms with Gasteiger partial charge in [0.1, 0.15) is 5.82 Å². The van der Waals surface area contributed by atoms with Crippen molar-refractivity contribution in [2.45, 2.75) is 12.6 Å². The van der Waals surface area contributed by atoms with E-state index in [1.54, 1.807) is 0 Å². The molecule has 1 aliphatic heterocycles. The lowest BCUT2D eigenvalue weighted by Crippen LogP contribution is -2.27. The zero-order valence-corrected chi connectivity index (χ0v) is 9.24. The molecule has 1 saturated heterocycles. The molecule has 6 heteroatoms. The molecule has 0 bridgehead atoms. The summed E-state index contributed by atoms with van der Waals surface area (Å²) in [6, 6.07) is 2.50. The topological polar surface area (TPSA) is 30.2 Å². The van der Waals surface area contributed by atoms with Gasteiger partial charge < -0.3 is 4.90 Å². The highest BCUT2D eigenvalue weighted by Crippen LogP contribution is 2.29. The molecule has 0 amide bonds. The molecule has 0 spiro atoms. The third kappa shape index (κ3) is 3.09. The van der Waals surface area contributed by atoms with E-state index in [1.165, 1.54) is 6.07 Å². The highest BCUT2D eigenvalue weighted by atomic mass is 19.4. The van der Waals surface area contributed by atoms with Gasteiger partial charge in [0.15, 0.2) is 0 Å². The number of anilines is 1. The van der Waals surface area contributed by atoms with E-state index in [0.29, 0.717) is 12.4 Å². The first kappa shape index (κ1) is 12.2. The Labute approximate surface area is 97.6 Å². The van der Waals surface area contributed by atoms with Crippen molar-refractivity contribution in [3.63, 3.8) is 0 Å². The number of hydrogen-bond acceptors (Lipinski definition) is 2. The smallest absolute Gasteiger partial charge is 0.355 e. The van der Waals surface area contributed by atoms with Crippen LogP contribution < -0.4 is 10.2 Å². The quantitative estimate of drug-likeness (QED) is 0.755. The number of pyridine rings is 1. The number of aromatic nitrogens is 1. The average Bonchev–Trinajstić information content (AvgIpc) is 2.56. The van der Waals surface area contributed by atoms with Gasteiger partial charge in [-0.15, -0.1) is 0 Å². The number of alkyl halides is 3. The minimum absolute atomic E-state index is 0.593. The van der Waals surface area contributed by atoms with Crippen molar-refractivity contribution in [3.8, 4) is 0 Å². The number of rotatable bonds is 1.